The van der Waals surface area contributed by atoms with Crippen LogP contribution in [0.15, 0.2) is 24.4 Å². The smallest absolute Gasteiger partial charge is 0.271 e. The van der Waals surface area contributed by atoms with E-state index in [9.17, 15) is 4.79 Å². The Bertz CT molecular complexity index is 679. The van der Waals surface area contributed by atoms with Crippen LogP contribution in [-0.4, -0.2) is 53.4 Å². The van der Waals surface area contributed by atoms with Crippen molar-refractivity contribution in [2.45, 2.75) is 13.5 Å². The molecule has 0 spiro atoms. The number of nitrogens with zero attached hydrogens (tertiary/aromatic N) is 4. The highest BCUT2D eigenvalue weighted by atomic mass is 32.1. The number of aryl methyl sites for hydroxylation is 1. The third-order valence-electron chi connectivity index (χ3n) is 3.95. The third kappa shape index (κ3) is 4.05. The van der Waals surface area contributed by atoms with Crippen molar-refractivity contribution in [3.05, 3.63) is 40.5 Å². The average Bonchev–Trinajstić information content (AvgIpc) is 3.00. The fraction of sp³-hybridized carbons (Fsp3) is 0.438. The zero-order valence-corrected chi connectivity index (χ0v) is 14.3. The van der Waals surface area contributed by atoms with E-state index in [1.807, 2.05) is 25.3 Å². The predicted molar refractivity (Wildman–Crippen MR) is 92.0 cm³/mol. The van der Waals surface area contributed by atoms with Gasteiger partial charge in [-0.3, -0.25) is 4.79 Å². The molecule has 2 aromatic heterocycles. The van der Waals surface area contributed by atoms with E-state index in [2.05, 4.69) is 37.6 Å². The van der Waals surface area contributed by atoms with Crippen molar-refractivity contribution in [1.82, 2.24) is 19.6 Å². The van der Waals surface area contributed by atoms with Gasteiger partial charge in [0.2, 0.25) is 0 Å². The lowest BCUT2D eigenvalue weighted by molar-refractivity contribution is 0.0947. The Morgan fingerprint density at radius 2 is 2.09 bits per heavy atom. The van der Waals surface area contributed by atoms with Crippen molar-refractivity contribution in [2.24, 2.45) is 0 Å². The minimum atomic E-state index is -0.132. The standard InChI is InChI=1S/C16H21N5OS/c1-12-9-14(19-23-12)16(22)18-11-13-3-4-17-15(10-13)21-7-5-20(2)6-8-21/h3-4,9-10H,5-8,11H2,1-2H3,(H,18,22). The molecular weight excluding hydrogens is 310 g/mol. The number of rotatable bonds is 4. The van der Waals surface area contributed by atoms with Crippen LogP contribution >= 0.6 is 11.5 Å². The van der Waals surface area contributed by atoms with Crippen LogP contribution in [0.4, 0.5) is 5.82 Å². The van der Waals surface area contributed by atoms with Gasteiger partial charge in [0, 0.05) is 43.8 Å². The summed E-state index contributed by atoms with van der Waals surface area (Å²) < 4.78 is 4.13. The topological polar surface area (TPSA) is 61.4 Å². The summed E-state index contributed by atoms with van der Waals surface area (Å²) >= 11 is 1.34. The molecular formula is C16H21N5OS. The van der Waals surface area contributed by atoms with Crippen molar-refractivity contribution < 1.29 is 4.79 Å². The molecule has 3 heterocycles. The highest BCUT2D eigenvalue weighted by Crippen LogP contribution is 2.15. The molecule has 1 aliphatic heterocycles. The van der Waals surface area contributed by atoms with Crippen molar-refractivity contribution in [3.63, 3.8) is 0 Å². The fourth-order valence-corrected chi connectivity index (χ4v) is 3.07. The molecule has 1 fully saturated rings. The summed E-state index contributed by atoms with van der Waals surface area (Å²) in [4.78, 5) is 22.2. The lowest BCUT2D eigenvalue weighted by Crippen LogP contribution is -2.44. The second-order valence-electron chi connectivity index (χ2n) is 5.82. The molecule has 2 aromatic rings. The second-order valence-corrected chi connectivity index (χ2v) is 6.83. The number of hydrogen-bond donors (Lipinski definition) is 1. The molecule has 0 bridgehead atoms. The van der Waals surface area contributed by atoms with Gasteiger partial charge >= 0.3 is 0 Å². The molecule has 7 heteroatoms. The molecule has 0 aromatic carbocycles. The molecule has 3 rings (SSSR count). The van der Waals surface area contributed by atoms with Crippen LogP contribution in [0.25, 0.3) is 0 Å². The molecule has 122 valence electrons. The minimum Gasteiger partial charge on any atom is -0.354 e. The van der Waals surface area contributed by atoms with Crippen molar-refractivity contribution in [1.29, 1.82) is 0 Å². The molecule has 0 radical (unpaired) electrons. The number of anilines is 1. The maximum absolute atomic E-state index is 12.1. The molecule has 1 aliphatic rings. The summed E-state index contributed by atoms with van der Waals surface area (Å²) in [5.74, 6) is 0.849. The number of hydrogen-bond acceptors (Lipinski definition) is 6. The van der Waals surface area contributed by atoms with E-state index >= 15 is 0 Å². The van der Waals surface area contributed by atoms with Crippen LogP contribution in [0.2, 0.25) is 0 Å². The van der Waals surface area contributed by atoms with Gasteiger partial charge in [-0.2, -0.15) is 4.37 Å². The molecule has 1 amide bonds. The number of piperazine rings is 1. The number of likely N-dealkylation sites (N-methyl/N-ethyl adjacent to an activating group) is 1. The Balaban J connectivity index is 1.60. The fourth-order valence-electron chi connectivity index (χ4n) is 2.53. The number of carbonyl (C=O) groups excluding carboxylic acids is 1. The van der Waals surface area contributed by atoms with Crippen molar-refractivity contribution in [2.75, 3.05) is 38.1 Å². The average molecular weight is 331 g/mol. The third-order valence-corrected chi connectivity index (χ3v) is 4.64. The summed E-state index contributed by atoms with van der Waals surface area (Å²) in [5, 5.41) is 2.92. The van der Waals surface area contributed by atoms with Crippen molar-refractivity contribution >= 4 is 23.3 Å². The van der Waals surface area contributed by atoms with Gasteiger partial charge in [-0.1, -0.05) is 0 Å². The molecule has 0 atom stereocenters. The summed E-state index contributed by atoms with van der Waals surface area (Å²) in [6, 6.07) is 5.80. The summed E-state index contributed by atoms with van der Waals surface area (Å²) in [5.41, 5.74) is 1.54. The van der Waals surface area contributed by atoms with Crippen LogP contribution in [0, 0.1) is 6.92 Å². The normalized spacial score (nSPS) is 15.7. The summed E-state index contributed by atoms with van der Waals surface area (Å²) in [6.45, 7) is 6.49. The largest absolute Gasteiger partial charge is 0.354 e. The first-order chi connectivity index (χ1) is 11.1. The Morgan fingerprint density at radius 1 is 1.30 bits per heavy atom. The number of carbonyl (C=O) groups is 1. The summed E-state index contributed by atoms with van der Waals surface area (Å²) in [6.07, 6.45) is 1.81. The first-order valence-corrected chi connectivity index (χ1v) is 8.49. The second kappa shape index (κ2) is 7.06. The Labute approximate surface area is 140 Å². The maximum atomic E-state index is 12.1. The molecule has 23 heavy (non-hydrogen) atoms. The molecule has 0 unspecified atom stereocenters. The van der Waals surface area contributed by atoms with E-state index in [-0.39, 0.29) is 5.91 Å². The lowest BCUT2D eigenvalue weighted by atomic mass is 10.2. The van der Waals surface area contributed by atoms with E-state index in [0.29, 0.717) is 12.2 Å². The minimum absolute atomic E-state index is 0.132. The van der Waals surface area contributed by atoms with Crippen LogP contribution in [0.3, 0.4) is 0 Å². The number of nitrogens with one attached hydrogen (secondary N) is 1. The van der Waals surface area contributed by atoms with Gasteiger partial charge in [-0.05, 0) is 49.3 Å². The number of aromatic nitrogens is 2. The number of pyridine rings is 1. The molecule has 0 aliphatic carbocycles. The quantitative estimate of drug-likeness (QED) is 0.921. The SMILES string of the molecule is Cc1cc(C(=O)NCc2ccnc(N3CCN(C)CC3)c2)ns1. The van der Waals surface area contributed by atoms with E-state index in [0.717, 1.165) is 42.4 Å². The van der Waals surface area contributed by atoms with E-state index < -0.39 is 0 Å². The predicted octanol–water partition coefficient (Wildman–Crippen LogP) is 1.53. The van der Waals surface area contributed by atoms with Crippen molar-refractivity contribution in [3.8, 4) is 0 Å². The van der Waals surface area contributed by atoms with Crippen LogP contribution < -0.4 is 10.2 Å². The zero-order chi connectivity index (χ0) is 16.2. The molecule has 1 N–H and O–H groups in total. The zero-order valence-electron chi connectivity index (χ0n) is 13.5. The monoisotopic (exact) mass is 331 g/mol. The van der Waals surface area contributed by atoms with E-state index in [1.165, 1.54) is 11.5 Å². The maximum Gasteiger partial charge on any atom is 0.271 e. The lowest BCUT2D eigenvalue weighted by Gasteiger charge is -2.33. The van der Waals surface area contributed by atoms with Crippen LogP contribution in [0.5, 0.6) is 0 Å². The first kappa shape index (κ1) is 15.9. The molecule has 1 saturated heterocycles. The molecule has 0 saturated carbocycles. The van der Waals surface area contributed by atoms with Gasteiger partial charge in [-0.15, -0.1) is 0 Å². The Morgan fingerprint density at radius 3 is 2.78 bits per heavy atom. The van der Waals surface area contributed by atoms with Crippen LogP contribution in [-0.2, 0) is 6.54 Å². The van der Waals surface area contributed by atoms with Gasteiger partial charge in [0.05, 0.1) is 0 Å². The van der Waals surface area contributed by atoms with E-state index in [4.69, 9.17) is 0 Å². The van der Waals surface area contributed by atoms with Gasteiger partial charge in [0.1, 0.15) is 11.5 Å². The highest BCUT2D eigenvalue weighted by Gasteiger charge is 2.15. The van der Waals surface area contributed by atoms with Gasteiger partial charge in [0.15, 0.2) is 0 Å². The molecule has 6 nitrogen and oxygen atoms in total. The van der Waals surface area contributed by atoms with Gasteiger partial charge in [-0.25, -0.2) is 4.98 Å². The van der Waals surface area contributed by atoms with Gasteiger partial charge < -0.3 is 15.1 Å². The van der Waals surface area contributed by atoms with Gasteiger partial charge in [0.25, 0.3) is 5.91 Å². The Kier molecular flexibility index (Phi) is 4.88. The Hall–Kier alpha value is -1.99. The summed E-state index contributed by atoms with van der Waals surface area (Å²) in [7, 11) is 2.14. The van der Waals surface area contributed by atoms with Crippen LogP contribution in [0.1, 0.15) is 20.9 Å². The number of amides is 1. The highest BCUT2D eigenvalue weighted by molar-refractivity contribution is 7.05. The first-order valence-electron chi connectivity index (χ1n) is 7.72. The van der Waals surface area contributed by atoms with E-state index in [1.54, 1.807) is 0 Å².